The van der Waals surface area contributed by atoms with Gasteiger partial charge in [-0.2, -0.15) is 15.1 Å². The van der Waals surface area contributed by atoms with Crippen molar-refractivity contribution in [3.05, 3.63) is 47.1 Å². The van der Waals surface area contributed by atoms with Crippen molar-refractivity contribution in [2.24, 2.45) is 5.11 Å². The Hall–Kier alpha value is -3.98. The lowest BCUT2D eigenvalue weighted by atomic mass is 9.93. The monoisotopic (exact) mass is 590 g/mol. The van der Waals surface area contributed by atoms with Crippen molar-refractivity contribution in [1.29, 1.82) is 0 Å². The number of hydrogen-bond acceptors (Lipinski definition) is 13. The molecule has 3 aromatic rings. The van der Waals surface area contributed by atoms with Gasteiger partial charge in [0.05, 0.1) is 25.1 Å². The number of anilines is 2. The maximum atomic E-state index is 13.9. The van der Waals surface area contributed by atoms with Crippen molar-refractivity contribution < 1.29 is 33.0 Å². The Morgan fingerprint density at radius 3 is 2.68 bits per heavy atom. The fraction of sp³-hybridized carbons (Fsp3) is 0.478. The van der Waals surface area contributed by atoms with Gasteiger partial charge in [-0.25, -0.2) is 9.55 Å². The molecule has 6 atom stereocenters. The zero-order valence-electron chi connectivity index (χ0n) is 22.7. The van der Waals surface area contributed by atoms with Gasteiger partial charge in [0.15, 0.2) is 17.7 Å². The zero-order chi connectivity index (χ0) is 29.9. The lowest BCUT2D eigenvalue weighted by Gasteiger charge is -2.28. The maximum absolute atomic E-state index is 13.9. The molecule has 0 saturated carbocycles. The Balaban J connectivity index is 1.61. The maximum Gasteiger partial charge on any atom is 0.459 e. The molecule has 1 aliphatic rings. The number of para-hydroxylation sites is 1. The molecule has 41 heavy (non-hydrogen) atoms. The summed E-state index contributed by atoms with van der Waals surface area (Å²) in [4.78, 5) is 27.5. The highest BCUT2D eigenvalue weighted by Crippen LogP contribution is 2.48. The van der Waals surface area contributed by atoms with Crippen LogP contribution in [0.1, 0.15) is 33.9 Å². The molecule has 1 fully saturated rings. The molecule has 2 aromatic heterocycles. The summed E-state index contributed by atoms with van der Waals surface area (Å²) >= 11 is 0. The summed E-state index contributed by atoms with van der Waals surface area (Å²) in [5.74, 6) is -0.598. The SMILES string of the molecule is CC(C)OC(=O)[C@@H](C)N[P@@](=O)(OC[C@H]1O[C@@H](n2cnc3c(N)nc(N)nc32)[C@](C)(N=[N+]=[N-])[C@@H]1O)Oc1ccccc1. The highest BCUT2D eigenvalue weighted by molar-refractivity contribution is 7.52. The zero-order valence-corrected chi connectivity index (χ0v) is 23.6. The number of carbonyl (C=O) groups is 1. The molecule has 0 spiro atoms. The third-order valence-electron chi connectivity index (χ3n) is 6.17. The van der Waals surface area contributed by atoms with Crippen LogP contribution in [0.3, 0.4) is 0 Å². The summed E-state index contributed by atoms with van der Waals surface area (Å²) in [6.45, 7) is 5.74. The minimum absolute atomic E-state index is 0.0188. The van der Waals surface area contributed by atoms with Crippen molar-refractivity contribution in [2.45, 2.75) is 63.8 Å². The third kappa shape index (κ3) is 6.35. The Bertz CT molecular complexity index is 1500. The van der Waals surface area contributed by atoms with Crippen molar-refractivity contribution in [3.63, 3.8) is 0 Å². The molecule has 0 amide bonds. The fourth-order valence-corrected chi connectivity index (χ4v) is 5.72. The summed E-state index contributed by atoms with van der Waals surface area (Å²) in [6, 6.07) is 7.07. The molecule has 17 nitrogen and oxygen atoms in total. The molecule has 18 heteroatoms. The second-order valence-electron chi connectivity index (χ2n) is 9.71. The van der Waals surface area contributed by atoms with E-state index in [0.717, 1.165) is 0 Å². The second-order valence-corrected chi connectivity index (χ2v) is 11.4. The quantitative estimate of drug-likeness (QED) is 0.0824. The number of nitrogen functional groups attached to an aromatic ring is 2. The van der Waals surface area contributed by atoms with Crippen molar-refractivity contribution in [3.8, 4) is 5.75 Å². The van der Waals surface area contributed by atoms with Crippen LogP contribution in [0.4, 0.5) is 11.8 Å². The highest BCUT2D eigenvalue weighted by Gasteiger charge is 2.55. The average molecular weight is 591 g/mol. The molecular formula is C23H31N10O7P. The van der Waals surface area contributed by atoms with Gasteiger partial charge in [-0.15, -0.1) is 0 Å². The van der Waals surface area contributed by atoms with Gasteiger partial charge >= 0.3 is 13.7 Å². The lowest BCUT2D eigenvalue weighted by Crippen LogP contribution is -2.43. The summed E-state index contributed by atoms with van der Waals surface area (Å²) in [7, 11) is -4.28. The van der Waals surface area contributed by atoms with E-state index in [1.165, 1.54) is 24.7 Å². The number of aromatic nitrogens is 4. The molecule has 0 radical (unpaired) electrons. The fourth-order valence-electron chi connectivity index (χ4n) is 4.22. The van der Waals surface area contributed by atoms with Gasteiger partial charge in [0, 0.05) is 4.91 Å². The number of aliphatic hydroxyl groups excluding tert-OH is 1. The number of aliphatic hydroxyl groups is 1. The number of carbonyl (C=O) groups excluding carboxylic acids is 1. The highest BCUT2D eigenvalue weighted by atomic mass is 31.2. The first-order chi connectivity index (χ1) is 19.4. The molecule has 0 aliphatic carbocycles. The molecule has 0 bridgehead atoms. The topological polar surface area (TPSA) is 248 Å². The van der Waals surface area contributed by atoms with Crippen LogP contribution >= 0.6 is 7.75 Å². The van der Waals surface area contributed by atoms with E-state index < -0.39 is 56.4 Å². The number of rotatable bonds is 11. The van der Waals surface area contributed by atoms with Gasteiger partial charge < -0.3 is 30.6 Å². The van der Waals surface area contributed by atoms with Crippen LogP contribution in [0.5, 0.6) is 5.75 Å². The van der Waals surface area contributed by atoms with Crippen LogP contribution in [0.15, 0.2) is 41.8 Å². The van der Waals surface area contributed by atoms with Gasteiger partial charge in [0.1, 0.15) is 29.0 Å². The molecule has 1 aromatic carbocycles. The second kappa shape index (κ2) is 11.9. The van der Waals surface area contributed by atoms with E-state index in [-0.39, 0.29) is 28.7 Å². The Labute approximate surface area is 234 Å². The van der Waals surface area contributed by atoms with Crippen LogP contribution in [-0.4, -0.2) is 67.1 Å². The smallest absolute Gasteiger partial charge is 0.459 e. The number of nitrogens with one attached hydrogen (secondary N) is 1. The minimum atomic E-state index is -4.28. The summed E-state index contributed by atoms with van der Waals surface area (Å²) in [6.07, 6.45) is -2.91. The lowest BCUT2D eigenvalue weighted by molar-refractivity contribution is -0.149. The van der Waals surface area contributed by atoms with Gasteiger partial charge in [-0.1, -0.05) is 23.3 Å². The number of ether oxygens (including phenoxy) is 2. The van der Waals surface area contributed by atoms with E-state index in [9.17, 15) is 20.0 Å². The number of azide groups is 1. The molecule has 3 heterocycles. The Morgan fingerprint density at radius 2 is 2.02 bits per heavy atom. The first kappa shape index (κ1) is 30.0. The first-order valence-electron chi connectivity index (χ1n) is 12.5. The third-order valence-corrected chi connectivity index (χ3v) is 7.81. The number of hydrogen-bond donors (Lipinski definition) is 4. The number of fused-ring (bicyclic) bond motifs is 1. The number of benzene rings is 1. The summed E-state index contributed by atoms with van der Waals surface area (Å²) in [5, 5.41) is 17.6. The van der Waals surface area contributed by atoms with Crippen LogP contribution in [0.2, 0.25) is 0 Å². The number of esters is 1. The predicted octanol–water partition coefficient (Wildman–Crippen LogP) is 2.45. The van der Waals surface area contributed by atoms with E-state index in [0.29, 0.717) is 0 Å². The van der Waals surface area contributed by atoms with Crippen LogP contribution in [0.25, 0.3) is 21.6 Å². The molecule has 4 rings (SSSR count). The van der Waals surface area contributed by atoms with Gasteiger partial charge in [-0.3, -0.25) is 13.9 Å². The number of nitrogens with two attached hydrogens (primary N) is 2. The summed E-state index contributed by atoms with van der Waals surface area (Å²) in [5.41, 5.74) is 19.7. The van der Waals surface area contributed by atoms with Crippen LogP contribution < -0.4 is 21.1 Å². The van der Waals surface area contributed by atoms with E-state index in [1.54, 1.807) is 44.2 Å². The molecule has 220 valence electrons. The largest absolute Gasteiger partial charge is 0.462 e. The van der Waals surface area contributed by atoms with E-state index in [2.05, 4.69) is 30.1 Å². The van der Waals surface area contributed by atoms with Crippen LogP contribution in [0, 0.1) is 0 Å². The molecule has 6 N–H and O–H groups in total. The standard InChI is InChI=1S/C23H31N10O7P/c1-12(2)38-20(35)13(3)30-41(36,40-14-8-6-5-7-9-14)37-10-15-17(34)23(4,31-32-26)21(39-15)33-11-27-16-18(24)28-22(25)29-19(16)33/h5-9,11-13,15,17,21,34H,10H2,1-4H3,(H,30,36)(H4,24,25,28,29)/t13-,15-,17-,21-,23-,41-/m1/s1. The molecule has 1 aliphatic heterocycles. The van der Waals surface area contributed by atoms with E-state index in [1.807, 2.05) is 0 Å². The van der Waals surface area contributed by atoms with Crippen molar-refractivity contribution in [2.75, 3.05) is 18.1 Å². The average Bonchev–Trinajstić information content (AvgIpc) is 3.42. The van der Waals surface area contributed by atoms with Crippen molar-refractivity contribution >= 4 is 36.6 Å². The summed E-state index contributed by atoms with van der Waals surface area (Å²) < 4.78 is 37.8. The minimum Gasteiger partial charge on any atom is -0.462 e. The molecule has 0 unspecified atom stereocenters. The normalized spacial score (nSPS) is 24.5. The predicted molar refractivity (Wildman–Crippen MR) is 146 cm³/mol. The molecular weight excluding hydrogens is 559 g/mol. The number of nitrogens with zero attached hydrogens (tertiary/aromatic N) is 7. The van der Waals surface area contributed by atoms with Gasteiger partial charge in [-0.05, 0) is 45.4 Å². The van der Waals surface area contributed by atoms with Crippen molar-refractivity contribution in [1.82, 2.24) is 24.6 Å². The first-order valence-corrected chi connectivity index (χ1v) is 14.0. The Morgan fingerprint density at radius 1 is 1.32 bits per heavy atom. The van der Waals surface area contributed by atoms with E-state index >= 15 is 0 Å². The van der Waals surface area contributed by atoms with Gasteiger partial charge in [0.2, 0.25) is 5.95 Å². The van der Waals surface area contributed by atoms with Gasteiger partial charge in [0.25, 0.3) is 0 Å². The number of imidazole rings is 1. The van der Waals surface area contributed by atoms with E-state index in [4.69, 9.17) is 30.0 Å². The molecule has 1 saturated heterocycles. The van der Waals surface area contributed by atoms with Crippen LogP contribution in [-0.2, 0) is 23.4 Å². The Kier molecular flexibility index (Phi) is 8.68.